The van der Waals surface area contributed by atoms with E-state index in [0.29, 0.717) is 12.0 Å². The number of fused-ring (bicyclic) bond motifs is 1. The molecule has 0 saturated carbocycles. The van der Waals surface area contributed by atoms with E-state index >= 15 is 0 Å². The lowest BCUT2D eigenvalue weighted by molar-refractivity contribution is 0.281. The van der Waals surface area contributed by atoms with Crippen molar-refractivity contribution in [1.82, 2.24) is 5.32 Å². The van der Waals surface area contributed by atoms with Gasteiger partial charge in [0, 0.05) is 0 Å². The highest BCUT2D eigenvalue weighted by molar-refractivity contribution is 5.23. The van der Waals surface area contributed by atoms with Gasteiger partial charge in [-0.05, 0) is 30.5 Å². The highest BCUT2D eigenvalue weighted by Gasteiger charge is 2.27. The molecule has 1 aliphatic rings. The van der Waals surface area contributed by atoms with E-state index < -0.39 is 0 Å². The molecule has 0 radical (unpaired) electrons. The first-order valence-corrected chi connectivity index (χ1v) is 5.66. The van der Waals surface area contributed by atoms with Gasteiger partial charge < -0.3 is 9.73 Å². The summed E-state index contributed by atoms with van der Waals surface area (Å²) in [5.74, 6) is 1.89. The average Bonchev–Trinajstić information content (AvgIpc) is 2.68. The summed E-state index contributed by atoms with van der Waals surface area (Å²) in [6.45, 7) is 5.60. The van der Waals surface area contributed by atoms with Gasteiger partial charge in [-0.25, -0.2) is 0 Å². The zero-order valence-electron chi connectivity index (χ0n) is 9.05. The molecule has 78 valence electrons. The van der Waals surface area contributed by atoms with E-state index in [9.17, 15) is 0 Å². The van der Waals surface area contributed by atoms with Gasteiger partial charge in [-0.2, -0.15) is 0 Å². The Morgan fingerprint density at radius 1 is 1.50 bits per heavy atom. The molecule has 0 fully saturated rings. The Balaban J connectivity index is 2.22. The lowest BCUT2D eigenvalue weighted by atomic mass is 9.88. The molecule has 2 nitrogen and oxygen atoms in total. The minimum Gasteiger partial charge on any atom is -0.467 e. The van der Waals surface area contributed by atoms with Crippen LogP contribution in [0.15, 0.2) is 16.7 Å². The van der Waals surface area contributed by atoms with Crippen LogP contribution in [0.1, 0.15) is 44.1 Å². The molecule has 0 aromatic carbocycles. The molecule has 2 heterocycles. The van der Waals surface area contributed by atoms with Gasteiger partial charge in [-0.15, -0.1) is 0 Å². The molecule has 2 rings (SSSR count). The fraction of sp³-hybridized carbons (Fsp3) is 0.667. The summed E-state index contributed by atoms with van der Waals surface area (Å²) < 4.78 is 5.59. The summed E-state index contributed by atoms with van der Waals surface area (Å²) in [5.41, 5.74) is 1.40. The Morgan fingerprint density at radius 3 is 3.00 bits per heavy atom. The van der Waals surface area contributed by atoms with Crippen LogP contribution in [-0.2, 0) is 6.42 Å². The molecule has 1 aromatic rings. The third-order valence-corrected chi connectivity index (χ3v) is 3.34. The van der Waals surface area contributed by atoms with Crippen LogP contribution in [0.25, 0.3) is 0 Å². The fourth-order valence-electron chi connectivity index (χ4n) is 2.42. The lowest BCUT2D eigenvalue weighted by Gasteiger charge is -2.29. The van der Waals surface area contributed by atoms with E-state index in [1.165, 1.54) is 24.2 Å². The van der Waals surface area contributed by atoms with Gasteiger partial charge in [0.05, 0.1) is 12.3 Å². The van der Waals surface area contributed by atoms with Crippen LogP contribution in [0.2, 0.25) is 0 Å². The van der Waals surface area contributed by atoms with Gasteiger partial charge in [0.1, 0.15) is 5.76 Å². The molecule has 1 atom stereocenters. The van der Waals surface area contributed by atoms with Gasteiger partial charge in [-0.1, -0.05) is 26.7 Å². The molecular formula is C12H19NO. The zero-order chi connectivity index (χ0) is 9.97. The van der Waals surface area contributed by atoms with E-state index in [2.05, 4.69) is 25.2 Å². The van der Waals surface area contributed by atoms with Crippen molar-refractivity contribution in [3.63, 3.8) is 0 Å². The van der Waals surface area contributed by atoms with Crippen molar-refractivity contribution >= 4 is 0 Å². The maximum Gasteiger partial charge on any atom is 0.124 e. The van der Waals surface area contributed by atoms with E-state index in [0.717, 1.165) is 13.0 Å². The number of furan rings is 1. The minimum absolute atomic E-state index is 0.448. The first-order chi connectivity index (χ1) is 6.86. The smallest absolute Gasteiger partial charge is 0.124 e. The number of hydrogen-bond acceptors (Lipinski definition) is 2. The predicted octanol–water partition coefficient (Wildman–Crippen LogP) is 2.90. The standard InChI is InChI=1S/C12H19NO/c1-3-9(4-2)11-12-10(5-7-13-11)6-8-14-12/h6,8-9,11,13H,3-5,7H2,1-2H3. The van der Waals surface area contributed by atoms with Crippen LogP contribution in [0.5, 0.6) is 0 Å². The van der Waals surface area contributed by atoms with Gasteiger partial charge >= 0.3 is 0 Å². The molecule has 0 saturated heterocycles. The minimum atomic E-state index is 0.448. The largest absolute Gasteiger partial charge is 0.467 e. The van der Waals surface area contributed by atoms with Crippen LogP contribution in [0, 0.1) is 5.92 Å². The fourth-order valence-corrected chi connectivity index (χ4v) is 2.42. The second-order valence-corrected chi connectivity index (χ2v) is 4.07. The SMILES string of the molecule is CCC(CC)C1NCCc2ccoc21. The van der Waals surface area contributed by atoms with Gasteiger partial charge in [-0.3, -0.25) is 0 Å². The third-order valence-electron chi connectivity index (χ3n) is 3.34. The molecule has 1 N–H and O–H groups in total. The summed E-state index contributed by atoms with van der Waals surface area (Å²) in [6, 6.07) is 2.56. The molecule has 0 amide bonds. The maximum atomic E-state index is 5.59. The second kappa shape index (κ2) is 4.18. The molecule has 14 heavy (non-hydrogen) atoms. The van der Waals surface area contributed by atoms with Crippen LogP contribution in [0.3, 0.4) is 0 Å². The second-order valence-electron chi connectivity index (χ2n) is 4.07. The van der Waals surface area contributed by atoms with Crippen molar-refractivity contribution in [1.29, 1.82) is 0 Å². The van der Waals surface area contributed by atoms with Gasteiger partial charge in [0.15, 0.2) is 0 Å². The molecular weight excluding hydrogens is 174 g/mol. The Hall–Kier alpha value is -0.760. The Labute approximate surface area is 85.7 Å². The van der Waals surface area contributed by atoms with Crippen LogP contribution in [0.4, 0.5) is 0 Å². The van der Waals surface area contributed by atoms with Crippen LogP contribution in [-0.4, -0.2) is 6.54 Å². The number of nitrogens with one attached hydrogen (secondary N) is 1. The molecule has 1 aromatic heterocycles. The quantitative estimate of drug-likeness (QED) is 0.798. The monoisotopic (exact) mass is 193 g/mol. The average molecular weight is 193 g/mol. The van der Waals surface area contributed by atoms with E-state index in [4.69, 9.17) is 4.42 Å². The Morgan fingerprint density at radius 2 is 2.29 bits per heavy atom. The van der Waals surface area contributed by atoms with Crippen molar-refractivity contribution in [2.75, 3.05) is 6.54 Å². The van der Waals surface area contributed by atoms with Gasteiger partial charge in [0.25, 0.3) is 0 Å². The van der Waals surface area contributed by atoms with E-state index in [-0.39, 0.29) is 0 Å². The molecule has 0 spiro atoms. The highest BCUT2D eigenvalue weighted by atomic mass is 16.3. The first kappa shape index (κ1) is 9.78. The topological polar surface area (TPSA) is 25.2 Å². The maximum absolute atomic E-state index is 5.59. The molecule has 1 unspecified atom stereocenters. The zero-order valence-corrected chi connectivity index (χ0v) is 9.05. The van der Waals surface area contributed by atoms with Gasteiger partial charge in [0.2, 0.25) is 0 Å². The van der Waals surface area contributed by atoms with Crippen molar-refractivity contribution < 1.29 is 4.42 Å². The summed E-state index contributed by atoms with van der Waals surface area (Å²) in [7, 11) is 0. The Bertz CT molecular complexity index is 288. The number of rotatable bonds is 3. The number of hydrogen-bond donors (Lipinski definition) is 1. The third kappa shape index (κ3) is 1.59. The van der Waals surface area contributed by atoms with Crippen LogP contribution < -0.4 is 5.32 Å². The predicted molar refractivity (Wildman–Crippen MR) is 57.2 cm³/mol. The normalized spacial score (nSPS) is 21.2. The van der Waals surface area contributed by atoms with Crippen molar-refractivity contribution in [3.8, 4) is 0 Å². The first-order valence-electron chi connectivity index (χ1n) is 5.66. The van der Waals surface area contributed by atoms with E-state index in [1.54, 1.807) is 0 Å². The molecule has 0 aliphatic carbocycles. The molecule has 1 aliphatic heterocycles. The molecule has 0 bridgehead atoms. The summed E-state index contributed by atoms with van der Waals surface area (Å²) in [5, 5.41) is 3.57. The lowest BCUT2D eigenvalue weighted by Crippen LogP contribution is -2.33. The van der Waals surface area contributed by atoms with Crippen molar-refractivity contribution in [3.05, 3.63) is 23.7 Å². The van der Waals surface area contributed by atoms with Crippen molar-refractivity contribution in [2.45, 2.75) is 39.2 Å². The Kier molecular flexibility index (Phi) is 2.92. The van der Waals surface area contributed by atoms with E-state index in [1.807, 2.05) is 6.26 Å². The summed E-state index contributed by atoms with van der Waals surface area (Å²) in [4.78, 5) is 0. The molecule has 2 heteroatoms. The highest BCUT2D eigenvalue weighted by Crippen LogP contribution is 2.32. The van der Waals surface area contributed by atoms with Crippen LogP contribution >= 0.6 is 0 Å². The summed E-state index contributed by atoms with van der Waals surface area (Å²) in [6.07, 6.45) is 5.37. The van der Waals surface area contributed by atoms with Crippen molar-refractivity contribution in [2.24, 2.45) is 5.92 Å². The summed E-state index contributed by atoms with van der Waals surface area (Å²) >= 11 is 0.